The molecule has 204 valence electrons. The van der Waals surface area contributed by atoms with Crippen molar-refractivity contribution in [2.45, 2.75) is 20.1 Å². The zero-order valence-corrected chi connectivity index (χ0v) is 27.4. The summed E-state index contributed by atoms with van der Waals surface area (Å²) >= 11 is 7.89. The van der Waals surface area contributed by atoms with Crippen molar-refractivity contribution in [3.8, 4) is 17.7 Å². The van der Waals surface area contributed by atoms with Gasteiger partial charge in [0.05, 0.1) is 25.7 Å². The summed E-state index contributed by atoms with van der Waals surface area (Å²) in [6, 6.07) is 20.4. The smallest absolute Gasteiger partial charge is 0.278 e. The Kier molecular flexibility index (Phi) is 10.7. The average Bonchev–Trinajstić information content (AvgIpc) is 2.94. The lowest BCUT2D eigenvalue weighted by molar-refractivity contribution is -0.123. The number of nitrogens with zero attached hydrogens (tertiary/aromatic N) is 3. The molecule has 0 saturated carbocycles. The maximum absolute atomic E-state index is 12.4. The van der Waals surface area contributed by atoms with Crippen LogP contribution in [0.15, 0.2) is 64.2 Å². The van der Waals surface area contributed by atoms with Gasteiger partial charge in [0.1, 0.15) is 24.0 Å². The highest BCUT2D eigenvalue weighted by atomic mass is 127. The van der Waals surface area contributed by atoms with Crippen LogP contribution in [-0.4, -0.2) is 30.8 Å². The lowest BCUT2D eigenvalue weighted by Gasteiger charge is -2.13. The Balaban J connectivity index is 1.37. The van der Waals surface area contributed by atoms with Gasteiger partial charge in [-0.15, -0.1) is 0 Å². The van der Waals surface area contributed by atoms with E-state index in [0.717, 1.165) is 24.0 Å². The quantitative estimate of drug-likeness (QED) is 0.109. The number of fused-ring (bicyclic) bond motifs is 1. The standard InChI is InChI=1S/C29H23BrI2N4O4/c1-17-27(30)23(15-38-2)22(12-33)29(35-17)40-16-26(37)36-34-13-18-10-24(31)28(25(32)11-18)39-14-20-8-5-7-19-6-3-4-9-21(19)20/h3-11,13H,14-16H2,1-2H3,(H,36,37)/b34-13+. The number of halogens is 3. The number of hydrogen-bond acceptors (Lipinski definition) is 7. The molecule has 0 bridgehead atoms. The Bertz CT molecular complexity index is 1610. The van der Waals surface area contributed by atoms with Crippen LogP contribution >= 0.6 is 61.1 Å². The second-order valence-electron chi connectivity index (χ2n) is 8.54. The minimum absolute atomic E-state index is 0.0672. The minimum atomic E-state index is -0.491. The maximum atomic E-state index is 12.4. The Labute approximate surface area is 267 Å². The van der Waals surface area contributed by atoms with E-state index in [1.54, 1.807) is 13.1 Å². The van der Waals surface area contributed by atoms with Crippen molar-refractivity contribution >= 4 is 84.0 Å². The van der Waals surface area contributed by atoms with Gasteiger partial charge in [0.25, 0.3) is 5.91 Å². The lowest BCUT2D eigenvalue weighted by atomic mass is 10.1. The maximum Gasteiger partial charge on any atom is 0.278 e. The van der Waals surface area contributed by atoms with E-state index in [9.17, 15) is 10.1 Å². The van der Waals surface area contributed by atoms with Crippen molar-refractivity contribution in [3.63, 3.8) is 0 Å². The zero-order valence-electron chi connectivity index (χ0n) is 21.5. The number of hydrazone groups is 1. The van der Waals surface area contributed by atoms with Crippen molar-refractivity contribution in [1.82, 2.24) is 10.4 Å². The number of rotatable bonds is 10. The molecule has 1 aromatic heterocycles. The molecule has 0 aliphatic rings. The SMILES string of the molecule is COCc1c(Br)c(C)nc(OCC(=O)N/N=C/c2cc(I)c(OCc3cccc4ccccc34)c(I)c2)c1C#N. The van der Waals surface area contributed by atoms with Gasteiger partial charge >= 0.3 is 0 Å². The summed E-state index contributed by atoms with van der Waals surface area (Å²) in [5.74, 6) is 0.370. The third-order valence-electron chi connectivity index (χ3n) is 5.78. The molecule has 0 aliphatic carbocycles. The molecule has 1 amide bonds. The van der Waals surface area contributed by atoms with E-state index in [1.165, 1.54) is 17.9 Å². The van der Waals surface area contributed by atoms with Crippen LogP contribution in [0.2, 0.25) is 0 Å². The predicted molar refractivity (Wildman–Crippen MR) is 173 cm³/mol. The molecular formula is C29H23BrI2N4O4. The normalized spacial score (nSPS) is 11.0. The van der Waals surface area contributed by atoms with Gasteiger partial charge in [-0.05, 0) is 102 Å². The second kappa shape index (κ2) is 14.2. The molecule has 0 saturated heterocycles. The molecule has 0 radical (unpaired) electrons. The number of nitrogens with one attached hydrogen (secondary N) is 1. The third kappa shape index (κ3) is 7.28. The topological polar surface area (TPSA) is 106 Å². The van der Waals surface area contributed by atoms with Crippen LogP contribution in [0.3, 0.4) is 0 Å². The van der Waals surface area contributed by atoms with Crippen LogP contribution in [0, 0.1) is 25.4 Å². The molecule has 0 aliphatic heterocycles. The number of aromatic nitrogens is 1. The number of nitriles is 1. The summed E-state index contributed by atoms with van der Waals surface area (Å²) in [7, 11) is 1.53. The van der Waals surface area contributed by atoms with Crippen LogP contribution in [0.1, 0.15) is 27.9 Å². The number of amides is 1. The van der Waals surface area contributed by atoms with Crippen LogP contribution in [0.25, 0.3) is 10.8 Å². The number of hydrogen-bond donors (Lipinski definition) is 1. The lowest BCUT2D eigenvalue weighted by Crippen LogP contribution is -2.25. The minimum Gasteiger partial charge on any atom is -0.487 e. The highest BCUT2D eigenvalue weighted by Gasteiger charge is 2.18. The summed E-state index contributed by atoms with van der Waals surface area (Å²) in [5, 5.41) is 16.0. The van der Waals surface area contributed by atoms with Crippen LogP contribution in [0.4, 0.5) is 0 Å². The van der Waals surface area contributed by atoms with Crippen LogP contribution < -0.4 is 14.9 Å². The molecule has 1 heterocycles. The largest absolute Gasteiger partial charge is 0.487 e. The van der Waals surface area contributed by atoms with Crippen molar-refractivity contribution in [1.29, 1.82) is 5.26 Å². The fourth-order valence-corrected chi connectivity index (χ4v) is 6.45. The second-order valence-corrected chi connectivity index (χ2v) is 11.7. The van der Waals surface area contributed by atoms with E-state index in [2.05, 4.69) is 107 Å². The van der Waals surface area contributed by atoms with E-state index in [0.29, 0.717) is 22.3 Å². The molecule has 8 nitrogen and oxygen atoms in total. The monoisotopic (exact) mass is 824 g/mol. The van der Waals surface area contributed by atoms with Crippen molar-refractivity contribution < 1.29 is 19.0 Å². The number of benzene rings is 3. The molecule has 0 fully saturated rings. The summed E-state index contributed by atoms with van der Waals surface area (Å²) in [6.45, 7) is 2.06. The summed E-state index contributed by atoms with van der Waals surface area (Å²) in [6.07, 6.45) is 1.55. The summed E-state index contributed by atoms with van der Waals surface area (Å²) in [4.78, 5) is 16.6. The zero-order chi connectivity index (χ0) is 28.6. The fourth-order valence-electron chi connectivity index (χ4n) is 3.92. The van der Waals surface area contributed by atoms with E-state index in [1.807, 2.05) is 30.3 Å². The summed E-state index contributed by atoms with van der Waals surface area (Å²) < 4.78 is 19.5. The molecule has 3 aromatic carbocycles. The van der Waals surface area contributed by atoms with Gasteiger partial charge in [-0.1, -0.05) is 42.5 Å². The number of pyridine rings is 1. The van der Waals surface area contributed by atoms with Crippen LogP contribution in [-0.2, 0) is 22.7 Å². The van der Waals surface area contributed by atoms with E-state index >= 15 is 0 Å². The number of carbonyl (C=O) groups is 1. The van der Waals surface area contributed by atoms with Gasteiger partial charge in [-0.3, -0.25) is 4.79 Å². The van der Waals surface area contributed by atoms with Gasteiger partial charge in [-0.2, -0.15) is 10.4 Å². The molecule has 4 aromatic rings. The first-order valence-electron chi connectivity index (χ1n) is 11.9. The molecular weight excluding hydrogens is 802 g/mol. The van der Waals surface area contributed by atoms with Gasteiger partial charge in [0.2, 0.25) is 5.88 Å². The Morgan fingerprint density at radius 3 is 2.58 bits per heavy atom. The third-order valence-corrected chi connectivity index (χ3v) is 8.44. The van der Waals surface area contributed by atoms with E-state index in [4.69, 9.17) is 14.2 Å². The van der Waals surface area contributed by atoms with Gasteiger partial charge in [-0.25, -0.2) is 10.4 Å². The van der Waals surface area contributed by atoms with E-state index in [-0.39, 0.29) is 24.7 Å². The molecule has 0 unspecified atom stereocenters. The fraction of sp³-hybridized carbons (Fsp3) is 0.172. The van der Waals surface area contributed by atoms with Crippen molar-refractivity contribution in [2.24, 2.45) is 5.10 Å². The van der Waals surface area contributed by atoms with Gasteiger partial charge in [0, 0.05) is 17.1 Å². The average molecular weight is 825 g/mol. The molecule has 0 spiro atoms. The van der Waals surface area contributed by atoms with Crippen molar-refractivity contribution in [2.75, 3.05) is 13.7 Å². The number of ether oxygens (including phenoxy) is 3. The van der Waals surface area contributed by atoms with Crippen LogP contribution in [0.5, 0.6) is 11.6 Å². The van der Waals surface area contributed by atoms with Crippen molar-refractivity contribution in [3.05, 3.63) is 94.2 Å². The predicted octanol–water partition coefficient (Wildman–Crippen LogP) is 6.64. The molecule has 0 atom stereocenters. The molecule has 11 heteroatoms. The molecule has 40 heavy (non-hydrogen) atoms. The molecule has 1 N–H and O–H groups in total. The van der Waals surface area contributed by atoms with E-state index < -0.39 is 5.91 Å². The summed E-state index contributed by atoms with van der Waals surface area (Å²) in [5.41, 5.74) is 5.80. The number of methoxy groups -OCH3 is 1. The van der Waals surface area contributed by atoms with Gasteiger partial charge < -0.3 is 14.2 Å². The van der Waals surface area contributed by atoms with Gasteiger partial charge in [0.15, 0.2) is 6.61 Å². The first-order valence-corrected chi connectivity index (χ1v) is 14.9. The highest BCUT2D eigenvalue weighted by molar-refractivity contribution is 14.1. The Morgan fingerprint density at radius 1 is 1.12 bits per heavy atom. The Hall–Kier alpha value is -2.80. The highest BCUT2D eigenvalue weighted by Crippen LogP contribution is 2.31. The number of aryl methyl sites for hydroxylation is 1. The first-order chi connectivity index (χ1) is 19.3. The first kappa shape index (κ1) is 30.2. The molecule has 4 rings (SSSR count). The number of carbonyl (C=O) groups excluding carboxylic acids is 1. The Morgan fingerprint density at radius 2 is 1.85 bits per heavy atom.